The Bertz CT molecular complexity index is 622. The number of hydrogen-bond acceptors (Lipinski definition) is 5. The molecule has 0 aromatic rings. The van der Waals surface area contributed by atoms with Crippen LogP contribution in [0.25, 0.3) is 0 Å². The van der Waals surface area contributed by atoms with Gasteiger partial charge < -0.3 is 20.6 Å². The second-order valence-electron chi connectivity index (χ2n) is 7.01. The van der Waals surface area contributed by atoms with Crippen molar-refractivity contribution in [3.63, 3.8) is 0 Å². The summed E-state index contributed by atoms with van der Waals surface area (Å²) in [5.41, 5.74) is 0. The minimum Gasteiger partial charge on any atom is -0.465 e. The number of carboxylic acid groups (broad SMARTS) is 1. The first kappa shape index (κ1) is 21.1. The minimum absolute atomic E-state index is 0.0736. The van der Waals surface area contributed by atoms with Gasteiger partial charge in [0.15, 0.2) is 0 Å². The van der Waals surface area contributed by atoms with Crippen LogP contribution in [-0.2, 0) is 14.4 Å². The summed E-state index contributed by atoms with van der Waals surface area (Å²) in [5, 5.41) is 13.3. The molecule has 0 radical (unpaired) electrons. The van der Waals surface area contributed by atoms with Gasteiger partial charge in [-0.3, -0.25) is 19.1 Å². The minimum atomic E-state index is -1.30. The topological polar surface area (TPSA) is 128 Å². The number of nitrogens with zero attached hydrogens (tertiary/aromatic N) is 1. The van der Waals surface area contributed by atoms with Crippen LogP contribution in [0.4, 0.5) is 4.79 Å². The normalized spacial score (nSPS) is 21.1. The lowest BCUT2D eigenvalue weighted by atomic mass is 10.1. The molecule has 9 nitrogen and oxygen atoms in total. The number of carbonyl (C=O) groups excluding carboxylic acids is 3. The highest BCUT2D eigenvalue weighted by Gasteiger charge is 2.40. The van der Waals surface area contributed by atoms with E-state index in [1.165, 1.54) is 16.8 Å². The quantitative estimate of drug-likeness (QED) is 0.333. The molecule has 0 aromatic carbocycles. The Balaban J connectivity index is 1.92. The molecule has 1 saturated heterocycles. The molecule has 0 spiro atoms. The first-order valence-electron chi connectivity index (χ1n) is 8.91. The van der Waals surface area contributed by atoms with Gasteiger partial charge in [-0.15, -0.1) is 6.58 Å². The lowest BCUT2D eigenvalue weighted by Crippen LogP contribution is -2.53. The second kappa shape index (κ2) is 9.12. The highest BCUT2D eigenvalue weighted by atomic mass is 32.2. The Hall–Kier alpha value is -2.23. The molecule has 4 amide bonds. The van der Waals surface area contributed by atoms with Crippen LogP contribution in [0.15, 0.2) is 12.7 Å². The molecule has 1 heterocycles. The summed E-state index contributed by atoms with van der Waals surface area (Å²) in [4.78, 5) is 49.1. The molecule has 2 fully saturated rings. The molecule has 1 aliphatic heterocycles. The predicted molar refractivity (Wildman–Crippen MR) is 101 cm³/mol. The fourth-order valence-corrected chi connectivity index (χ4v) is 3.57. The molecule has 1 aliphatic carbocycles. The molecule has 1 saturated carbocycles. The molecule has 1 unspecified atom stereocenters. The number of amides is 4. The van der Waals surface area contributed by atoms with Crippen LogP contribution in [0.1, 0.15) is 39.0 Å². The average molecular weight is 398 g/mol. The Morgan fingerprint density at radius 2 is 2.07 bits per heavy atom. The van der Waals surface area contributed by atoms with Crippen molar-refractivity contribution >= 4 is 35.8 Å². The van der Waals surface area contributed by atoms with Crippen molar-refractivity contribution in [3.8, 4) is 0 Å². The maximum Gasteiger partial charge on any atom is 0.405 e. The third-order valence-electron chi connectivity index (χ3n) is 4.65. The van der Waals surface area contributed by atoms with E-state index < -0.39 is 30.0 Å². The van der Waals surface area contributed by atoms with Gasteiger partial charge >= 0.3 is 6.09 Å². The standard InChI is InChI=1S/C17H26N4O5S/c1-3-5-11(14(23)20-27-17(2)7-8-17)19-15(24)12-6-4-9-21(12)13(22)10-18-16(25)26/h3,11-12,18H,1,4-10H2,2H3,(H,19,24)(H,20,23)(H,25,26)/t11?,12-/m0/s1. The van der Waals surface area contributed by atoms with Gasteiger partial charge in [-0.25, -0.2) is 4.79 Å². The molecule has 2 atom stereocenters. The summed E-state index contributed by atoms with van der Waals surface area (Å²) in [5.74, 6) is -1.18. The Labute approximate surface area is 162 Å². The van der Waals surface area contributed by atoms with Crippen molar-refractivity contribution in [2.45, 2.75) is 55.9 Å². The van der Waals surface area contributed by atoms with Gasteiger partial charge in [-0.2, -0.15) is 0 Å². The molecular weight excluding hydrogens is 372 g/mol. The van der Waals surface area contributed by atoms with Crippen LogP contribution in [0.5, 0.6) is 0 Å². The largest absolute Gasteiger partial charge is 0.465 e. The van der Waals surface area contributed by atoms with E-state index in [9.17, 15) is 19.2 Å². The van der Waals surface area contributed by atoms with E-state index in [4.69, 9.17) is 5.11 Å². The fraction of sp³-hybridized carbons (Fsp3) is 0.647. The Morgan fingerprint density at radius 1 is 1.37 bits per heavy atom. The van der Waals surface area contributed by atoms with E-state index in [0.29, 0.717) is 19.4 Å². The van der Waals surface area contributed by atoms with Gasteiger partial charge in [0.05, 0.1) is 0 Å². The molecule has 2 rings (SSSR count). The Kier molecular flexibility index (Phi) is 7.11. The van der Waals surface area contributed by atoms with Gasteiger partial charge in [0, 0.05) is 11.3 Å². The van der Waals surface area contributed by atoms with Crippen molar-refractivity contribution in [1.29, 1.82) is 0 Å². The maximum atomic E-state index is 12.6. The van der Waals surface area contributed by atoms with Crippen molar-refractivity contribution in [2.75, 3.05) is 13.1 Å². The summed E-state index contributed by atoms with van der Waals surface area (Å²) in [6.45, 7) is 5.68. The van der Waals surface area contributed by atoms with E-state index in [0.717, 1.165) is 12.8 Å². The molecular formula is C17H26N4O5S. The summed E-state index contributed by atoms with van der Waals surface area (Å²) in [6.07, 6.45) is 3.73. The van der Waals surface area contributed by atoms with Crippen molar-refractivity contribution in [3.05, 3.63) is 12.7 Å². The van der Waals surface area contributed by atoms with Crippen LogP contribution in [0.3, 0.4) is 0 Å². The van der Waals surface area contributed by atoms with Crippen molar-refractivity contribution in [1.82, 2.24) is 20.3 Å². The molecule has 27 heavy (non-hydrogen) atoms. The SMILES string of the molecule is C=CCC(NC(=O)[C@@H]1CCCN1C(=O)CNC(=O)O)C(=O)NSC1(C)CC1. The zero-order valence-electron chi connectivity index (χ0n) is 15.3. The third-order valence-corrected chi connectivity index (χ3v) is 5.86. The fourth-order valence-electron chi connectivity index (χ4n) is 2.78. The van der Waals surface area contributed by atoms with Gasteiger partial charge in [0.25, 0.3) is 5.91 Å². The summed E-state index contributed by atoms with van der Waals surface area (Å²) >= 11 is 1.37. The van der Waals surface area contributed by atoms with Crippen LogP contribution in [-0.4, -0.2) is 63.7 Å². The molecule has 150 valence electrons. The van der Waals surface area contributed by atoms with Crippen LogP contribution in [0, 0.1) is 0 Å². The predicted octanol–water partition coefficient (Wildman–Crippen LogP) is 0.623. The molecule has 0 aromatic heterocycles. The molecule has 10 heteroatoms. The van der Waals surface area contributed by atoms with Crippen molar-refractivity contribution in [2.24, 2.45) is 0 Å². The number of nitrogens with one attached hydrogen (secondary N) is 3. The van der Waals surface area contributed by atoms with E-state index in [2.05, 4.69) is 23.5 Å². The first-order valence-corrected chi connectivity index (χ1v) is 9.73. The average Bonchev–Trinajstić information content (AvgIpc) is 3.16. The third kappa shape index (κ3) is 6.16. The van der Waals surface area contributed by atoms with Gasteiger partial charge in [0.2, 0.25) is 11.8 Å². The number of rotatable bonds is 9. The lowest BCUT2D eigenvalue weighted by Gasteiger charge is -2.26. The van der Waals surface area contributed by atoms with Gasteiger partial charge in [-0.1, -0.05) is 6.08 Å². The summed E-state index contributed by atoms with van der Waals surface area (Å²) < 4.78 is 2.87. The highest BCUT2D eigenvalue weighted by molar-refractivity contribution is 7.99. The van der Waals surface area contributed by atoms with E-state index in [1.807, 2.05) is 5.32 Å². The smallest absolute Gasteiger partial charge is 0.405 e. The number of carbonyl (C=O) groups is 4. The number of likely N-dealkylation sites (tertiary alicyclic amines) is 1. The summed E-state index contributed by atoms with van der Waals surface area (Å²) in [7, 11) is 0. The lowest BCUT2D eigenvalue weighted by molar-refractivity contribution is -0.138. The van der Waals surface area contributed by atoms with E-state index >= 15 is 0 Å². The molecule has 4 N–H and O–H groups in total. The van der Waals surface area contributed by atoms with Crippen LogP contribution >= 0.6 is 11.9 Å². The maximum absolute atomic E-state index is 12.6. The summed E-state index contributed by atoms with van der Waals surface area (Å²) in [6, 6.07) is -1.47. The molecule has 0 bridgehead atoms. The zero-order chi connectivity index (χ0) is 20.0. The monoisotopic (exact) mass is 398 g/mol. The Morgan fingerprint density at radius 3 is 2.67 bits per heavy atom. The number of hydrogen-bond donors (Lipinski definition) is 4. The first-order chi connectivity index (χ1) is 12.8. The van der Waals surface area contributed by atoms with E-state index in [1.54, 1.807) is 6.08 Å². The zero-order valence-corrected chi connectivity index (χ0v) is 16.1. The van der Waals surface area contributed by atoms with Gasteiger partial charge in [-0.05, 0) is 51.0 Å². The second-order valence-corrected chi connectivity index (χ2v) is 8.40. The van der Waals surface area contributed by atoms with Gasteiger partial charge in [0.1, 0.15) is 18.6 Å². The van der Waals surface area contributed by atoms with E-state index in [-0.39, 0.29) is 23.6 Å². The van der Waals surface area contributed by atoms with Crippen molar-refractivity contribution < 1.29 is 24.3 Å². The molecule has 2 aliphatic rings. The van der Waals surface area contributed by atoms with Crippen LogP contribution < -0.4 is 15.4 Å². The van der Waals surface area contributed by atoms with Crippen LogP contribution in [0.2, 0.25) is 0 Å². The highest BCUT2D eigenvalue weighted by Crippen LogP contribution is 2.46.